The zero-order valence-corrected chi connectivity index (χ0v) is 15.5. The highest BCUT2D eigenvalue weighted by Gasteiger charge is 2.27. The quantitative estimate of drug-likeness (QED) is 0.852. The van der Waals surface area contributed by atoms with Crippen LogP contribution in [0.4, 0.5) is 10.5 Å². The fourth-order valence-corrected chi connectivity index (χ4v) is 3.24. The van der Waals surface area contributed by atoms with Gasteiger partial charge >= 0.3 is 6.03 Å². The number of nitrogens with zero attached hydrogens (tertiary/aromatic N) is 1. The van der Waals surface area contributed by atoms with Crippen molar-refractivity contribution in [1.29, 1.82) is 0 Å². The second kappa shape index (κ2) is 9.07. The first kappa shape index (κ1) is 18.8. The van der Waals surface area contributed by atoms with Crippen LogP contribution < -0.4 is 15.4 Å². The molecule has 3 rings (SSSR count). The zero-order valence-electron chi connectivity index (χ0n) is 15.5. The number of hydrogen-bond donors (Lipinski definition) is 2. The fourth-order valence-electron chi connectivity index (χ4n) is 3.24. The maximum Gasteiger partial charge on any atom is 0.321 e. The van der Waals surface area contributed by atoms with E-state index >= 15 is 0 Å². The number of benzene rings is 2. The Balaban J connectivity index is 1.45. The van der Waals surface area contributed by atoms with E-state index in [-0.39, 0.29) is 17.9 Å². The molecule has 0 unspecified atom stereocenters. The Bertz CT molecular complexity index is 771. The van der Waals surface area contributed by atoms with E-state index in [0.717, 1.165) is 17.0 Å². The van der Waals surface area contributed by atoms with Gasteiger partial charge in [-0.2, -0.15) is 0 Å². The van der Waals surface area contributed by atoms with Gasteiger partial charge < -0.3 is 20.3 Å². The van der Waals surface area contributed by atoms with Crippen molar-refractivity contribution < 1.29 is 14.3 Å². The molecule has 27 heavy (non-hydrogen) atoms. The molecule has 0 saturated carbocycles. The normalized spacial score (nSPS) is 14.5. The van der Waals surface area contributed by atoms with Crippen molar-refractivity contribution in [2.45, 2.75) is 19.4 Å². The molecule has 0 atom stereocenters. The van der Waals surface area contributed by atoms with Crippen LogP contribution >= 0.6 is 0 Å². The predicted octanol–water partition coefficient (Wildman–Crippen LogP) is 3.26. The summed E-state index contributed by atoms with van der Waals surface area (Å²) >= 11 is 0. The van der Waals surface area contributed by atoms with E-state index in [1.807, 2.05) is 54.6 Å². The number of para-hydroxylation sites is 2. The van der Waals surface area contributed by atoms with Gasteiger partial charge in [0.05, 0.1) is 7.11 Å². The van der Waals surface area contributed by atoms with Gasteiger partial charge in [-0.1, -0.05) is 36.4 Å². The summed E-state index contributed by atoms with van der Waals surface area (Å²) in [6.07, 6.45) is 1.33. The van der Waals surface area contributed by atoms with Crippen LogP contribution in [0, 0.1) is 5.92 Å². The largest absolute Gasteiger partial charge is 0.496 e. The molecule has 0 bridgehead atoms. The molecule has 6 nitrogen and oxygen atoms in total. The van der Waals surface area contributed by atoms with Crippen LogP contribution in [-0.2, 0) is 11.3 Å². The summed E-state index contributed by atoms with van der Waals surface area (Å²) in [4.78, 5) is 26.6. The number of piperidine rings is 1. The van der Waals surface area contributed by atoms with Gasteiger partial charge in [-0.05, 0) is 31.0 Å². The van der Waals surface area contributed by atoms with Crippen LogP contribution in [0.3, 0.4) is 0 Å². The molecule has 1 heterocycles. The highest BCUT2D eigenvalue weighted by molar-refractivity contribution is 5.89. The number of rotatable bonds is 5. The summed E-state index contributed by atoms with van der Waals surface area (Å²) in [6, 6.07) is 16.9. The number of carbonyl (C=O) groups excluding carboxylic acids is 2. The van der Waals surface area contributed by atoms with Gasteiger partial charge in [0.2, 0.25) is 5.91 Å². The molecule has 0 spiro atoms. The molecular formula is C21H25N3O3. The molecule has 6 heteroatoms. The minimum Gasteiger partial charge on any atom is -0.496 e. The first-order chi connectivity index (χ1) is 13.2. The maximum absolute atomic E-state index is 12.5. The van der Waals surface area contributed by atoms with Crippen molar-refractivity contribution in [3.63, 3.8) is 0 Å². The van der Waals surface area contributed by atoms with Gasteiger partial charge in [-0.15, -0.1) is 0 Å². The molecule has 142 valence electrons. The monoisotopic (exact) mass is 367 g/mol. The van der Waals surface area contributed by atoms with Crippen molar-refractivity contribution in [2.24, 2.45) is 5.92 Å². The molecule has 2 N–H and O–H groups in total. The first-order valence-corrected chi connectivity index (χ1v) is 9.18. The molecule has 2 aromatic carbocycles. The van der Waals surface area contributed by atoms with Gasteiger partial charge in [0.15, 0.2) is 0 Å². The molecule has 1 saturated heterocycles. The maximum atomic E-state index is 12.5. The van der Waals surface area contributed by atoms with E-state index in [9.17, 15) is 9.59 Å². The number of ether oxygens (including phenoxy) is 1. The van der Waals surface area contributed by atoms with Crippen LogP contribution in [0.15, 0.2) is 54.6 Å². The van der Waals surface area contributed by atoms with Crippen molar-refractivity contribution in [3.05, 3.63) is 60.2 Å². The van der Waals surface area contributed by atoms with Crippen molar-refractivity contribution in [3.8, 4) is 5.75 Å². The lowest BCUT2D eigenvalue weighted by Gasteiger charge is -2.31. The third kappa shape index (κ3) is 5.00. The smallest absolute Gasteiger partial charge is 0.321 e. The van der Waals surface area contributed by atoms with E-state index in [2.05, 4.69) is 10.6 Å². The van der Waals surface area contributed by atoms with E-state index < -0.39 is 0 Å². The molecular weight excluding hydrogens is 342 g/mol. The van der Waals surface area contributed by atoms with Gasteiger partial charge in [-0.3, -0.25) is 4.79 Å². The Morgan fingerprint density at radius 1 is 1.04 bits per heavy atom. The van der Waals surface area contributed by atoms with Crippen molar-refractivity contribution >= 4 is 17.6 Å². The topological polar surface area (TPSA) is 70.7 Å². The Morgan fingerprint density at radius 3 is 2.41 bits per heavy atom. The molecule has 0 aliphatic carbocycles. The molecule has 3 amide bonds. The van der Waals surface area contributed by atoms with Gasteiger partial charge in [0.25, 0.3) is 0 Å². The Labute approximate surface area is 159 Å². The number of amides is 3. The van der Waals surface area contributed by atoms with E-state index in [1.54, 1.807) is 12.0 Å². The average Bonchev–Trinajstić information content (AvgIpc) is 2.73. The Kier molecular flexibility index (Phi) is 6.30. The Morgan fingerprint density at radius 2 is 1.70 bits per heavy atom. The van der Waals surface area contributed by atoms with E-state index in [1.165, 1.54) is 0 Å². The SMILES string of the molecule is COc1ccccc1CNC(=O)C1CCN(C(=O)Nc2ccccc2)CC1. The minimum atomic E-state index is -0.117. The molecule has 1 aliphatic rings. The predicted molar refractivity (Wildman–Crippen MR) is 105 cm³/mol. The van der Waals surface area contributed by atoms with Crippen LogP contribution in [-0.4, -0.2) is 37.0 Å². The molecule has 1 fully saturated rings. The van der Waals surface area contributed by atoms with Crippen LogP contribution in [0.5, 0.6) is 5.75 Å². The highest BCUT2D eigenvalue weighted by Crippen LogP contribution is 2.20. The van der Waals surface area contributed by atoms with Gasteiger partial charge in [0.1, 0.15) is 5.75 Å². The van der Waals surface area contributed by atoms with Crippen molar-refractivity contribution in [1.82, 2.24) is 10.2 Å². The fraction of sp³-hybridized carbons (Fsp3) is 0.333. The summed E-state index contributed by atoms with van der Waals surface area (Å²) in [5.41, 5.74) is 1.73. The van der Waals surface area contributed by atoms with Crippen LogP contribution in [0.25, 0.3) is 0 Å². The lowest BCUT2D eigenvalue weighted by atomic mass is 9.96. The summed E-state index contributed by atoms with van der Waals surface area (Å²) in [5, 5.41) is 5.88. The third-order valence-corrected chi connectivity index (χ3v) is 4.82. The summed E-state index contributed by atoms with van der Waals surface area (Å²) in [7, 11) is 1.62. The molecule has 2 aromatic rings. The number of urea groups is 1. The standard InChI is InChI=1S/C21H25N3O3/c1-27-19-10-6-5-7-17(19)15-22-20(25)16-11-13-24(14-12-16)21(26)23-18-8-3-2-4-9-18/h2-10,16H,11-15H2,1H3,(H,22,25)(H,23,26). The number of hydrogen-bond acceptors (Lipinski definition) is 3. The summed E-state index contributed by atoms with van der Waals surface area (Å²) in [6.45, 7) is 1.59. The average molecular weight is 367 g/mol. The molecule has 1 aliphatic heterocycles. The number of nitrogens with one attached hydrogen (secondary N) is 2. The highest BCUT2D eigenvalue weighted by atomic mass is 16.5. The summed E-state index contributed by atoms with van der Waals surface area (Å²) < 4.78 is 5.31. The lowest BCUT2D eigenvalue weighted by Crippen LogP contribution is -2.44. The van der Waals surface area contributed by atoms with Gasteiger partial charge in [-0.25, -0.2) is 4.79 Å². The minimum absolute atomic E-state index is 0.0315. The third-order valence-electron chi connectivity index (χ3n) is 4.82. The summed E-state index contributed by atoms with van der Waals surface area (Å²) in [5.74, 6) is 0.731. The van der Waals surface area contributed by atoms with Crippen LogP contribution in [0.2, 0.25) is 0 Å². The number of likely N-dealkylation sites (tertiary alicyclic amines) is 1. The number of anilines is 1. The van der Waals surface area contributed by atoms with Gasteiger partial charge in [0, 0.05) is 36.8 Å². The second-order valence-electron chi connectivity index (χ2n) is 6.59. The molecule has 0 aromatic heterocycles. The number of methoxy groups -OCH3 is 1. The van der Waals surface area contributed by atoms with Crippen LogP contribution in [0.1, 0.15) is 18.4 Å². The second-order valence-corrected chi connectivity index (χ2v) is 6.59. The van der Waals surface area contributed by atoms with Crippen molar-refractivity contribution in [2.75, 3.05) is 25.5 Å². The Hall–Kier alpha value is -3.02. The zero-order chi connectivity index (χ0) is 19.1. The first-order valence-electron chi connectivity index (χ1n) is 9.18. The van der Waals surface area contributed by atoms with E-state index in [0.29, 0.717) is 32.5 Å². The molecule has 0 radical (unpaired) electrons. The number of carbonyl (C=O) groups is 2. The lowest BCUT2D eigenvalue weighted by molar-refractivity contribution is -0.126. The van der Waals surface area contributed by atoms with E-state index in [4.69, 9.17) is 4.74 Å².